The smallest absolute Gasteiger partial charge is 0.337 e. The van der Waals surface area contributed by atoms with Crippen LogP contribution in [-0.4, -0.2) is 23.0 Å². The molecular formula is C12H12N2O3S. The molecule has 0 spiro atoms. The molecule has 0 atom stereocenters. The first-order valence-corrected chi connectivity index (χ1v) is 6.08. The van der Waals surface area contributed by atoms with Crippen molar-refractivity contribution < 1.29 is 13.9 Å². The Kier molecular flexibility index (Phi) is 3.66. The van der Waals surface area contributed by atoms with Crippen molar-refractivity contribution in [2.24, 2.45) is 0 Å². The van der Waals surface area contributed by atoms with E-state index in [1.165, 1.54) is 18.9 Å². The lowest BCUT2D eigenvalue weighted by molar-refractivity contribution is 0.0600. The molecule has 6 heteroatoms. The van der Waals surface area contributed by atoms with E-state index >= 15 is 0 Å². The van der Waals surface area contributed by atoms with Crippen molar-refractivity contribution in [3.8, 4) is 0 Å². The molecule has 0 saturated carbocycles. The Labute approximate surface area is 109 Å². The van der Waals surface area contributed by atoms with Crippen molar-refractivity contribution in [2.45, 2.75) is 24.1 Å². The maximum Gasteiger partial charge on any atom is 0.337 e. The Morgan fingerprint density at radius 3 is 2.83 bits per heavy atom. The molecule has 0 unspecified atom stereocenters. The van der Waals surface area contributed by atoms with Crippen molar-refractivity contribution >= 4 is 17.7 Å². The number of methoxy groups -OCH3 is 1. The van der Waals surface area contributed by atoms with Crippen LogP contribution in [0.3, 0.4) is 0 Å². The predicted molar refractivity (Wildman–Crippen MR) is 65.7 cm³/mol. The van der Waals surface area contributed by atoms with Crippen LogP contribution < -0.4 is 0 Å². The zero-order valence-electron chi connectivity index (χ0n) is 10.3. The van der Waals surface area contributed by atoms with Gasteiger partial charge in [-0.1, -0.05) is 0 Å². The minimum atomic E-state index is -0.390. The van der Waals surface area contributed by atoms with Gasteiger partial charge in [0.1, 0.15) is 10.8 Å². The van der Waals surface area contributed by atoms with E-state index in [4.69, 9.17) is 4.42 Å². The van der Waals surface area contributed by atoms with Crippen molar-refractivity contribution in [1.29, 1.82) is 0 Å². The summed E-state index contributed by atoms with van der Waals surface area (Å²) >= 11 is 1.27. The van der Waals surface area contributed by atoms with Gasteiger partial charge in [0.05, 0.1) is 18.4 Å². The summed E-state index contributed by atoms with van der Waals surface area (Å²) in [5.41, 5.74) is 1.30. The van der Waals surface area contributed by atoms with E-state index in [0.29, 0.717) is 15.8 Å². The Balaban J connectivity index is 2.21. The van der Waals surface area contributed by atoms with Crippen LogP contribution >= 0.6 is 11.8 Å². The molecule has 0 aromatic carbocycles. The highest BCUT2D eigenvalue weighted by Crippen LogP contribution is 2.27. The highest BCUT2D eigenvalue weighted by atomic mass is 32.2. The van der Waals surface area contributed by atoms with Crippen LogP contribution in [0, 0.1) is 13.8 Å². The number of carbonyl (C=O) groups excluding carboxylic acids is 1. The summed E-state index contributed by atoms with van der Waals surface area (Å²) in [6.07, 6.45) is 1.55. The molecule has 2 rings (SSSR count). The van der Waals surface area contributed by atoms with Gasteiger partial charge < -0.3 is 9.15 Å². The molecule has 0 fully saturated rings. The second kappa shape index (κ2) is 5.22. The quantitative estimate of drug-likeness (QED) is 0.794. The molecule has 0 N–H and O–H groups in total. The van der Waals surface area contributed by atoms with Gasteiger partial charge in [-0.2, -0.15) is 0 Å². The number of carbonyl (C=O) groups is 1. The van der Waals surface area contributed by atoms with Gasteiger partial charge in [0, 0.05) is 6.20 Å². The average molecular weight is 264 g/mol. The molecule has 2 aromatic rings. The zero-order valence-corrected chi connectivity index (χ0v) is 11.1. The predicted octanol–water partition coefficient (Wildman–Crippen LogP) is 2.62. The summed E-state index contributed by atoms with van der Waals surface area (Å²) < 4.78 is 10.1. The Morgan fingerprint density at radius 1 is 1.44 bits per heavy atom. The van der Waals surface area contributed by atoms with Gasteiger partial charge in [0.25, 0.3) is 5.22 Å². The van der Waals surface area contributed by atoms with E-state index in [1.54, 1.807) is 18.3 Å². The molecule has 2 heterocycles. The molecule has 94 valence electrons. The van der Waals surface area contributed by atoms with E-state index in [0.717, 1.165) is 11.5 Å². The van der Waals surface area contributed by atoms with E-state index in [-0.39, 0.29) is 5.97 Å². The fourth-order valence-electron chi connectivity index (χ4n) is 1.29. The minimum Gasteiger partial charge on any atom is -0.465 e. The van der Waals surface area contributed by atoms with Crippen molar-refractivity contribution in [2.75, 3.05) is 7.11 Å². The van der Waals surface area contributed by atoms with Crippen LogP contribution in [0.5, 0.6) is 0 Å². The Morgan fingerprint density at radius 2 is 2.22 bits per heavy atom. The molecule has 5 nitrogen and oxygen atoms in total. The zero-order chi connectivity index (χ0) is 13.1. The molecule has 0 aliphatic heterocycles. The van der Waals surface area contributed by atoms with Crippen LogP contribution in [0.4, 0.5) is 0 Å². The van der Waals surface area contributed by atoms with Crippen LogP contribution in [0.1, 0.15) is 21.8 Å². The lowest BCUT2D eigenvalue weighted by atomic mass is 10.3. The molecule has 0 amide bonds. The molecule has 0 aliphatic carbocycles. The minimum absolute atomic E-state index is 0.390. The van der Waals surface area contributed by atoms with E-state index < -0.39 is 0 Å². The first-order valence-electron chi connectivity index (χ1n) is 5.26. The van der Waals surface area contributed by atoms with Gasteiger partial charge in [-0.25, -0.2) is 14.8 Å². The first-order chi connectivity index (χ1) is 8.60. The number of ether oxygens (including phenoxy) is 1. The third-order valence-electron chi connectivity index (χ3n) is 2.36. The summed E-state index contributed by atoms with van der Waals surface area (Å²) in [6, 6.07) is 3.24. The monoisotopic (exact) mass is 264 g/mol. The average Bonchev–Trinajstić information content (AvgIpc) is 2.67. The molecule has 0 aliphatic rings. The third-order valence-corrected chi connectivity index (χ3v) is 3.14. The van der Waals surface area contributed by atoms with Gasteiger partial charge in [-0.05, 0) is 37.7 Å². The normalized spacial score (nSPS) is 10.4. The fourth-order valence-corrected chi connectivity index (χ4v) is 2.11. The summed E-state index contributed by atoms with van der Waals surface area (Å²) in [6.45, 7) is 3.73. The third kappa shape index (κ3) is 2.70. The van der Waals surface area contributed by atoms with Gasteiger partial charge in [-0.15, -0.1) is 0 Å². The number of aromatic nitrogens is 2. The van der Waals surface area contributed by atoms with Crippen LogP contribution in [0.25, 0.3) is 0 Å². The van der Waals surface area contributed by atoms with Crippen molar-refractivity contribution in [1.82, 2.24) is 9.97 Å². The Bertz CT molecular complexity index is 561. The summed E-state index contributed by atoms with van der Waals surface area (Å²) in [5, 5.41) is 1.15. The molecule has 0 bridgehead atoms. The summed E-state index contributed by atoms with van der Waals surface area (Å²) in [4.78, 5) is 19.8. The lowest BCUT2D eigenvalue weighted by Crippen LogP contribution is -2.01. The van der Waals surface area contributed by atoms with Crippen molar-refractivity contribution in [3.63, 3.8) is 0 Å². The van der Waals surface area contributed by atoms with Gasteiger partial charge in [-0.3, -0.25) is 0 Å². The highest BCUT2D eigenvalue weighted by molar-refractivity contribution is 7.99. The second-order valence-electron chi connectivity index (χ2n) is 3.60. The number of pyridine rings is 1. The van der Waals surface area contributed by atoms with Crippen LogP contribution in [0.2, 0.25) is 0 Å². The molecule has 2 aromatic heterocycles. The van der Waals surface area contributed by atoms with E-state index in [1.807, 2.05) is 13.8 Å². The number of nitrogens with zero attached hydrogens (tertiary/aromatic N) is 2. The summed E-state index contributed by atoms with van der Waals surface area (Å²) in [7, 11) is 1.34. The number of aryl methyl sites for hydroxylation is 2. The number of hydrogen-bond acceptors (Lipinski definition) is 6. The standard InChI is InChI=1S/C12H12N2O3S/c1-7-8(2)17-12(14-7)18-10-6-9(4-5-13-10)11(15)16-3/h4-6H,1-3H3. The van der Waals surface area contributed by atoms with Crippen molar-refractivity contribution in [3.05, 3.63) is 35.3 Å². The van der Waals surface area contributed by atoms with Gasteiger partial charge in [0.15, 0.2) is 0 Å². The maximum atomic E-state index is 11.4. The highest BCUT2D eigenvalue weighted by Gasteiger charge is 2.11. The number of hydrogen-bond donors (Lipinski definition) is 0. The Hall–Kier alpha value is -1.82. The number of esters is 1. The molecule has 18 heavy (non-hydrogen) atoms. The maximum absolute atomic E-state index is 11.4. The molecular weight excluding hydrogens is 252 g/mol. The SMILES string of the molecule is COC(=O)c1ccnc(Sc2nc(C)c(C)o2)c1. The largest absolute Gasteiger partial charge is 0.465 e. The molecule has 0 saturated heterocycles. The van der Waals surface area contributed by atoms with Crippen LogP contribution in [-0.2, 0) is 4.74 Å². The number of oxazole rings is 1. The van der Waals surface area contributed by atoms with Crippen LogP contribution in [0.15, 0.2) is 33.0 Å². The first kappa shape index (κ1) is 12.6. The summed E-state index contributed by atoms with van der Waals surface area (Å²) in [5.74, 6) is 0.389. The van der Waals surface area contributed by atoms with E-state index in [9.17, 15) is 4.79 Å². The number of rotatable bonds is 3. The fraction of sp³-hybridized carbons (Fsp3) is 0.250. The van der Waals surface area contributed by atoms with Gasteiger partial charge in [0.2, 0.25) is 0 Å². The topological polar surface area (TPSA) is 65.2 Å². The molecule has 0 radical (unpaired) electrons. The second-order valence-corrected chi connectivity index (χ2v) is 4.57. The lowest BCUT2D eigenvalue weighted by Gasteiger charge is -2.00. The van der Waals surface area contributed by atoms with E-state index in [2.05, 4.69) is 14.7 Å². The van der Waals surface area contributed by atoms with Gasteiger partial charge >= 0.3 is 5.97 Å².